The average molecular weight is 187 g/mol. The van der Waals surface area contributed by atoms with E-state index in [0.29, 0.717) is 5.56 Å². The molecule has 1 unspecified atom stereocenters. The summed E-state index contributed by atoms with van der Waals surface area (Å²) in [4.78, 5) is 0. The van der Waals surface area contributed by atoms with Crippen LogP contribution in [0.2, 0.25) is 0 Å². The highest BCUT2D eigenvalue weighted by Gasteiger charge is 1.97. The van der Waals surface area contributed by atoms with Gasteiger partial charge in [0, 0.05) is 6.29 Å². The fourth-order valence-corrected chi connectivity index (χ4v) is 1.54. The minimum atomic E-state index is -1.64. The van der Waals surface area contributed by atoms with Gasteiger partial charge in [-0.1, -0.05) is 35.9 Å². The highest BCUT2D eigenvalue weighted by Crippen LogP contribution is 2.19. The molecule has 2 rings (SSSR count). The Morgan fingerprint density at radius 3 is 2.50 bits per heavy atom. The number of hydrogen-bond acceptors (Lipinski definition) is 2. The Morgan fingerprint density at radius 1 is 1.07 bits per heavy atom. The molecule has 2 nitrogen and oxygen atoms in total. The van der Waals surface area contributed by atoms with E-state index in [0.717, 1.165) is 16.3 Å². The van der Waals surface area contributed by atoms with Crippen molar-refractivity contribution in [2.75, 3.05) is 0 Å². The van der Waals surface area contributed by atoms with Gasteiger partial charge in [-0.3, -0.25) is 0 Å². The lowest BCUT2D eigenvalue weighted by molar-refractivity contribution is -0.490. The second kappa shape index (κ2) is 3.40. The van der Waals surface area contributed by atoms with Crippen molar-refractivity contribution in [2.24, 2.45) is 0 Å². The molecule has 0 heterocycles. The van der Waals surface area contributed by atoms with E-state index < -0.39 is 6.29 Å². The summed E-state index contributed by atoms with van der Waals surface area (Å²) in [6, 6.07) is 11.3. The zero-order valence-electron chi connectivity index (χ0n) is 7.90. The molecule has 0 saturated carbocycles. The first-order chi connectivity index (χ1) is 6.66. The molecule has 2 aromatic rings. The lowest BCUT2D eigenvalue weighted by atomic mass is 10.0. The molecule has 14 heavy (non-hydrogen) atoms. The van der Waals surface area contributed by atoms with Gasteiger partial charge in [-0.2, -0.15) is 0 Å². The Morgan fingerprint density at radius 2 is 1.79 bits per heavy atom. The molecular formula is C12H11O2-. The summed E-state index contributed by atoms with van der Waals surface area (Å²) in [7, 11) is 0. The van der Waals surface area contributed by atoms with Gasteiger partial charge in [0.25, 0.3) is 0 Å². The Labute approximate surface area is 82.4 Å². The minimum absolute atomic E-state index is 0.420. The Bertz CT molecular complexity index is 461. The van der Waals surface area contributed by atoms with Gasteiger partial charge < -0.3 is 10.2 Å². The van der Waals surface area contributed by atoms with Crippen LogP contribution in [0.1, 0.15) is 17.4 Å². The molecule has 0 amide bonds. The van der Waals surface area contributed by atoms with E-state index in [1.54, 1.807) is 12.1 Å². The van der Waals surface area contributed by atoms with Gasteiger partial charge in [-0.15, -0.1) is 0 Å². The maximum atomic E-state index is 10.8. The smallest absolute Gasteiger partial charge is 0.00394 e. The molecule has 0 fully saturated rings. The van der Waals surface area contributed by atoms with Crippen LogP contribution < -0.4 is 5.11 Å². The summed E-state index contributed by atoms with van der Waals surface area (Å²) in [6.07, 6.45) is -1.64. The van der Waals surface area contributed by atoms with Crippen LogP contribution in [0.25, 0.3) is 10.8 Å². The van der Waals surface area contributed by atoms with Crippen molar-refractivity contribution in [2.45, 2.75) is 13.2 Å². The van der Waals surface area contributed by atoms with Gasteiger partial charge in [0.15, 0.2) is 0 Å². The Balaban J connectivity index is 2.63. The molecule has 0 aliphatic rings. The zero-order chi connectivity index (χ0) is 10.1. The quantitative estimate of drug-likeness (QED) is 0.687. The molecule has 72 valence electrons. The fourth-order valence-electron chi connectivity index (χ4n) is 1.54. The number of aryl methyl sites for hydroxylation is 1. The number of benzene rings is 2. The minimum Gasteiger partial charge on any atom is -0.828 e. The molecule has 1 atom stereocenters. The molecule has 0 aliphatic heterocycles. The molecule has 0 aromatic heterocycles. The van der Waals surface area contributed by atoms with E-state index in [-0.39, 0.29) is 0 Å². The first-order valence-corrected chi connectivity index (χ1v) is 4.51. The summed E-state index contributed by atoms with van der Waals surface area (Å²) in [6.45, 7) is 2.00. The number of aliphatic hydroxyl groups is 1. The van der Waals surface area contributed by atoms with Crippen molar-refractivity contribution in [3.05, 3.63) is 47.5 Å². The van der Waals surface area contributed by atoms with Crippen molar-refractivity contribution in [3.8, 4) is 0 Å². The number of rotatable bonds is 1. The van der Waals surface area contributed by atoms with Gasteiger partial charge in [0.05, 0.1) is 0 Å². The van der Waals surface area contributed by atoms with Crippen LogP contribution in [0.5, 0.6) is 0 Å². The highest BCUT2D eigenvalue weighted by atomic mass is 16.5. The summed E-state index contributed by atoms with van der Waals surface area (Å²) in [5.74, 6) is 0. The van der Waals surface area contributed by atoms with E-state index in [9.17, 15) is 5.11 Å². The molecule has 0 spiro atoms. The molecular weight excluding hydrogens is 176 g/mol. The van der Waals surface area contributed by atoms with Crippen LogP contribution in [-0.4, -0.2) is 5.11 Å². The van der Waals surface area contributed by atoms with Crippen LogP contribution in [0, 0.1) is 6.92 Å². The molecule has 0 aliphatic carbocycles. The average Bonchev–Trinajstić information content (AvgIpc) is 2.16. The second-order valence-corrected chi connectivity index (χ2v) is 3.46. The van der Waals surface area contributed by atoms with E-state index in [1.165, 1.54) is 0 Å². The standard InChI is InChI=1S/C12H11O2/c1-8-2-3-9-4-5-10(12(13)14)7-11(9)6-8/h2-7,12-13H,1H3/q-1. The molecule has 2 heteroatoms. The number of hydrogen-bond donors (Lipinski definition) is 1. The largest absolute Gasteiger partial charge is 0.828 e. The predicted octanol–water partition coefficient (Wildman–Crippen LogP) is 1.50. The van der Waals surface area contributed by atoms with E-state index >= 15 is 0 Å². The molecule has 2 aromatic carbocycles. The first-order valence-electron chi connectivity index (χ1n) is 4.51. The maximum Gasteiger partial charge on any atom is 0.00394 e. The van der Waals surface area contributed by atoms with Crippen molar-refractivity contribution in [3.63, 3.8) is 0 Å². The zero-order valence-corrected chi connectivity index (χ0v) is 7.90. The third-order valence-electron chi connectivity index (χ3n) is 2.30. The molecule has 0 radical (unpaired) electrons. The van der Waals surface area contributed by atoms with Crippen LogP contribution in [0.3, 0.4) is 0 Å². The van der Waals surface area contributed by atoms with Gasteiger partial charge in [0.1, 0.15) is 0 Å². The first kappa shape index (κ1) is 9.19. The van der Waals surface area contributed by atoms with Crippen molar-refractivity contribution >= 4 is 10.8 Å². The lowest BCUT2D eigenvalue weighted by Gasteiger charge is -2.15. The molecule has 1 N–H and O–H groups in total. The Kier molecular flexibility index (Phi) is 2.23. The topological polar surface area (TPSA) is 43.3 Å². The van der Waals surface area contributed by atoms with Gasteiger partial charge in [0.2, 0.25) is 0 Å². The predicted molar refractivity (Wildman–Crippen MR) is 53.6 cm³/mol. The lowest BCUT2D eigenvalue weighted by Crippen LogP contribution is -2.13. The SMILES string of the molecule is Cc1ccc2ccc(C([O-])O)cc2c1. The summed E-state index contributed by atoms with van der Waals surface area (Å²) < 4.78 is 0. The van der Waals surface area contributed by atoms with E-state index in [1.807, 2.05) is 31.2 Å². The van der Waals surface area contributed by atoms with Crippen LogP contribution in [-0.2, 0) is 0 Å². The maximum absolute atomic E-state index is 10.8. The highest BCUT2D eigenvalue weighted by molar-refractivity contribution is 5.83. The summed E-state index contributed by atoms with van der Waals surface area (Å²) in [5, 5.41) is 21.8. The van der Waals surface area contributed by atoms with Crippen molar-refractivity contribution < 1.29 is 10.2 Å². The molecule has 0 bridgehead atoms. The van der Waals surface area contributed by atoms with Crippen molar-refractivity contribution in [1.29, 1.82) is 0 Å². The van der Waals surface area contributed by atoms with Gasteiger partial charge >= 0.3 is 0 Å². The molecule has 0 saturated heterocycles. The third kappa shape index (κ3) is 1.62. The second-order valence-electron chi connectivity index (χ2n) is 3.46. The van der Waals surface area contributed by atoms with Crippen LogP contribution in [0.4, 0.5) is 0 Å². The normalized spacial score (nSPS) is 13.1. The number of aliphatic hydroxyl groups excluding tert-OH is 1. The van der Waals surface area contributed by atoms with Gasteiger partial charge in [-0.05, 0) is 29.3 Å². The van der Waals surface area contributed by atoms with Crippen LogP contribution >= 0.6 is 0 Å². The monoisotopic (exact) mass is 187 g/mol. The summed E-state index contributed by atoms with van der Waals surface area (Å²) >= 11 is 0. The summed E-state index contributed by atoms with van der Waals surface area (Å²) in [5.41, 5.74) is 1.57. The van der Waals surface area contributed by atoms with Crippen molar-refractivity contribution in [1.82, 2.24) is 0 Å². The third-order valence-corrected chi connectivity index (χ3v) is 2.30. The fraction of sp³-hybridized carbons (Fsp3) is 0.167. The van der Waals surface area contributed by atoms with Gasteiger partial charge in [-0.25, -0.2) is 0 Å². The number of fused-ring (bicyclic) bond motifs is 1. The van der Waals surface area contributed by atoms with E-state index in [4.69, 9.17) is 5.11 Å². The Hall–Kier alpha value is -1.38. The van der Waals surface area contributed by atoms with E-state index in [2.05, 4.69) is 0 Å². The van der Waals surface area contributed by atoms with Crippen LogP contribution in [0.15, 0.2) is 36.4 Å².